The summed E-state index contributed by atoms with van der Waals surface area (Å²) in [7, 11) is 2.80. The molecule has 0 aliphatic heterocycles. The molecule has 0 fully saturated rings. The minimum absolute atomic E-state index is 0.243. The van der Waals surface area contributed by atoms with Gasteiger partial charge in [0.1, 0.15) is 0 Å². The van der Waals surface area contributed by atoms with Crippen molar-refractivity contribution in [2.75, 3.05) is 14.2 Å². The molecule has 6 heteroatoms. The highest BCUT2D eigenvalue weighted by molar-refractivity contribution is 7.14. The normalized spacial score (nSPS) is 10.5. The minimum atomic E-state index is -0.243. The first-order valence-electron chi connectivity index (χ1n) is 7.99. The van der Waals surface area contributed by atoms with Crippen LogP contribution in [0.4, 0.5) is 0 Å². The largest absolute Gasteiger partial charge is 0.469 e. The van der Waals surface area contributed by atoms with E-state index in [1.807, 2.05) is 47.2 Å². The molecule has 0 N–H and O–H groups in total. The van der Waals surface area contributed by atoms with Gasteiger partial charge < -0.3 is 9.47 Å². The molecule has 0 atom stereocenters. The van der Waals surface area contributed by atoms with E-state index < -0.39 is 0 Å². The first-order chi connectivity index (χ1) is 12.6. The van der Waals surface area contributed by atoms with Crippen molar-refractivity contribution in [1.82, 2.24) is 0 Å². The predicted octanol–water partition coefficient (Wildman–Crippen LogP) is 4.57. The van der Waals surface area contributed by atoms with E-state index >= 15 is 0 Å². The quantitative estimate of drug-likeness (QED) is 0.582. The van der Waals surface area contributed by atoms with Crippen LogP contribution < -0.4 is 0 Å². The van der Waals surface area contributed by atoms with Gasteiger partial charge in [-0.15, -0.1) is 22.7 Å². The summed E-state index contributed by atoms with van der Waals surface area (Å²) < 4.78 is 9.53. The van der Waals surface area contributed by atoms with Crippen LogP contribution in [0.15, 0.2) is 47.2 Å². The van der Waals surface area contributed by atoms with E-state index in [1.54, 1.807) is 22.7 Å². The van der Waals surface area contributed by atoms with Crippen LogP contribution in [0.25, 0.3) is 20.9 Å². The summed E-state index contributed by atoms with van der Waals surface area (Å²) in [5.74, 6) is -0.486. The smallest absolute Gasteiger partial charge is 0.310 e. The third-order valence-corrected chi connectivity index (χ3v) is 6.04. The summed E-state index contributed by atoms with van der Waals surface area (Å²) in [6.45, 7) is 0. The van der Waals surface area contributed by atoms with E-state index in [0.29, 0.717) is 0 Å². The van der Waals surface area contributed by atoms with Gasteiger partial charge in [0.15, 0.2) is 0 Å². The molecule has 4 nitrogen and oxygen atoms in total. The van der Waals surface area contributed by atoms with Crippen molar-refractivity contribution in [3.63, 3.8) is 0 Å². The predicted molar refractivity (Wildman–Crippen MR) is 105 cm³/mol. The molecule has 0 aliphatic carbocycles. The van der Waals surface area contributed by atoms with Crippen LogP contribution in [0.2, 0.25) is 0 Å². The van der Waals surface area contributed by atoms with Crippen LogP contribution in [0.1, 0.15) is 11.1 Å². The summed E-state index contributed by atoms with van der Waals surface area (Å²) in [5, 5.41) is 3.96. The Balaban J connectivity index is 1.84. The number of rotatable bonds is 6. The molecule has 3 aromatic rings. The Labute approximate surface area is 160 Å². The number of hydrogen-bond acceptors (Lipinski definition) is 6. The number of thiophene rings is 2. The van der Waals surface area contributed by atoms with E-state index in [0.717, 1.165) is 32.0 Å². The Bertz CT molecular complexity index is 831. The molecule has 3 rings (SSSR count). The van der Waals surface area contributed by atoms with Crippen molar-refractivity contribution in [3.05, 3.63) is 58.3 Å². The number of carbonyl (C=O) groups excluding carboxylic acids is 2. The van der Waals surface area contributed by atoms with Gasteiger partial charge in [0.05, 0.1) is 27.1 Å². The summed E-state index contributed by atoms with van der Waals surface area (Å²) in [6, 6.07) is 12.1. The van der Waals surface area contributed by atoms with Crippen LogP contribution in [-0.2, 0) is 31.9 Å². The molecule has 134 valence electrons. The zero-order chi connectivity index (χ0) is 18.5. The first-order valence-corrected chi connectivity index (χ1v) is 9.75. The van der Waals surface area contributed by atoms with Crippen LogP contribution in [-0.4, -0.2) is 26.2 Å². The van der Waals surface area contributed by atoms with Gasteiger partial charge in [-0.05, 0) is 45.1 Å². The maximum Gasteiger partial charge on any atom is 0.310 e. The van der Waals surface area contributed by atoms with E-state index in [9.17, 15) is 9.59 Å². The number of benzene rings is 1. The van der Waals surface area contributed by atoms with Gasteiger partial charge in [-0.2, -0.15) is 0 Å². The minimum Gasteiger partial charge on any atom is -0.469 e. The molecule has 2 heterocycles. The Kier molecular flexibility index (Phi) is 5.85. The second-order valence-corrected chi connectivity index (χ2v) is 7.47. The van der Waals surface area contributed by atoms with E-state index in [-0.39, 0.29) is 24.8 Å². The van der Waals surface area contributed by atoms with Gasteiger partial charge in [0, 0.05) is 9.75 Å². The number of esters is 2. The van der Waals surface area contributed by atoms with Crippen LogP contribution in [0.3, 0.4) is 0 Å². The topological polar surface area (TPSA) is 52.6 Å². The monoisotopic (exact) mass is 386 g/mol. The summed E-state index contributed by atoms with van der Waals surface area (Å²) in [5.41, 5.74) is 4.07. The average molecular weight is 386 g/mol. The van der Waals surface area contributed by atoms with Crippen LogP contribution in [0, 0.1) is 0 Å². The van der Waals surface area contributed by atoms with Crippen molar-refractivity contribution >= 4 is 34.6 Å². The fourth-order valence-corrected chi connectivity index (χ4v) is 4.55. The highest BCUT2D eigenvalue weighted by Crippen LogP contribution is 2.34. The van der Waals surface area contributed by atoms with Crippen molar-refractivity contribution < 1.29 is 19.1 Å². The van der Waals surface area contributed by atoms with Crippen molar-refractivity contribution in [2.24, 2.45) is 0 Å². The molecule has 0 spiro atoms. The Hall–Kier alpha value is -2.44. The molecule has 0 radical (unpaired) electrons. The molecule has 26 heavy (non-hydrogen) atoms. The number of ether oxygens (including phenoxy) is 2. The van der Waals surface area contributed by atoms with E-state index in [1.165, 1.54) is 14.2 Å². The molecule has 0 bridgehead atoms. The van der Waals surface area contributed by atoms with Gasteiger partial charge >= 0.3 is 11.9 Å². The maximum atomic E-state index is 11.6. The van der Waals surface area contributed by atoms with Crippen molar-refractivity contribution in [2.45, 2.75) is 12.8 Å². The third-order valence-electron chi connectivity index (χ3n) is 4.03. The lowest BCUT2D eigenvalue weighted by Gasteiger charge is -2.07. The van der Waals surface area contributed by atoms with E-state index in [2.05, 4.69) is 0 Å². The highest BCUT2D eigenvalue weighted by Gasteiger charge is 2.14. The van der Waals surface area contributed by atoms with Gasteiger partial charge in [0.25, 0.3) is 0 Å². The van der Waals surface area contributed by atoms with Crippen molar-refractivity contribution in [3.8, 4) is 20.9 Å². The number of hydrogen-bond donors (Lipinski definition) is 0. The SMILES string of the molecule is COC(=O)Cc1ccsc1-c1ccc(-c2sccc2CC(=O)OC)cc1. The fourth-order valence-electron chi connectivity index (χ4n) is 2.68. The first kappa shape index (κ1) is 18.4. The molecule has 0 saturated heterocycles. The maximum absolute atomic E-state index is 11.6. The summed E-state index contributed by atoms with van der Waals surface area (Å²) >= 11 is 3.21. The van der Waals surface area contributed by atoms with Crippen LogP contribution >= 0.6 is 22.7 Å². The summed E-state index contributed by atoms with van der Waals surface area (Å²) in [6.07, 6.45) is 0.538. The number of carbonyl (C=O) groups is 2. The van der Waals surface area contributed by atoms with Gasteiger partial charge in [-0.25, -0.2) is 0 Å². The molecule has 0 saturated carbocycles. The molecule has 0 unspecified atom stereocenters. The van der Waals surface area contributed by atoms with Gasteiger partial charge in [-0.3, -0.25) is 9.59 Å². The summed E-state index contributed by atoms with van der Waals surface area (Å²) in [4.78, 5) is 25.3. The third kappa shape index (κ3) is 4.03. The molecule has 0 amide bonds. The van der Waals surface area contributed by atoms with Gasteiger partial charge in [-0.1, -0.05) is 24.3 Å². The second kappa shape index (κ2) is 8.29. The lowest BCUT2D eigenvalue weighted by atomic mass is 10.0. The van der Waals surface area contributed by atoms with Crippen molar-refractivity contribution in [1.29, 1.82) is 0 Å². The number of methoxy groups -OCH3 is 2. The zero-order valence-electron chi connectivity index (χ0n) is 14.5. The highest BCUT2D eigenvalue weighted by atomic mass is 32.1. The Morgan fingerprint density at radius 2 is 1.12 bits per heavy atom. The second-order valence-electron chi connectivity index (χ2n) is 5.63. The average Bonchev–Trinajstić information content (AvgIpc) is 3.31. The molecular formula is C20H18O4S2. The standard InChI is InChI=1S/C20H18O4S2/c1-23-17(21)11-15-7-9-25-19(15)13-3-5-14(6-4-13)20-16(8-10-26-20)12-18(22)24-2/h3-10H,11-12H2,1-2H3. The van der Waals surface area contributed by atoms with E-state index in [4.69, 9.17) is 9.47 Å². The Morgan fingerprint density at radius 1 is 0.731 bits per heavy atom. The molecular weight excluding hydrogens is 368 g/mol. The lowest BCUT2D eigenvalue weighted by Crippen LogP contribution is -2.04. The lowest BCUT2D eigenvalue weighted by molar-refractivity contribution is -0.140. The molecule has 2 aromatic heterocycles. The fraction of sp³-hybridized carbons (Fsp3) is 0.200. The zero-order valence-corrected chi connectivity index (χ0v) is 16.1. The van der Waals surface area contributed by atoms with Gasteiger partial charge in [0.2, 0.25) is 0 Å². The van der Waals surface area contributed by atoms with Crippen LogP contribution in [0.5, 0.6) is 0 Å². The molecule has 1 aromatic carbocycles. The Morgan fingerprint density at radius 3 is 1.46 bits per heavy atom. The molecule has 0 aliphatic rings.